The Hall–Kier alpha value is -1.75. The molecule has 0 bridgehead atoms. The van der Waals surface area contributed by atoms with E-state index in [9.17, 15) is 4.79 Å². The fourth-order valence-corrected chi connectivity index (χ4v) is 9.00. The second-order valence-corrected chi connectivity index (χ2v) is 13.2. The first-order valence-electron chi connectivity index (χ1n) is 10.2. The lowest BCUT2D eigenvalue weighted by Crippen LogP contribution is -2.67. The van der Waals surface area contributed by atoms with E-state index in [2.05, 4.69) is 88.4 Å². The molecule has 0 amide bonds. The van der Waals surface area contributed by atoms with Crippen LogP contribution in [0.2, 0.25) is 5.04 Å². The number of hydrogen-bond donors (Lipinski definition) is 0. The molecule has 1 fully saturated rings. The predicted molar refractivity (Wildman–Crippen MR) is 117 cm³/mol. The van der Waals surface area contributed by atoms with Gasteiger partial charge in [0, 0.05) is 12.5 Å². The van der Waals surface area contributed by atoms with E-state index in [0.717, 1.165) is 19.1 Å². The number of rotatable bonds is 7. The predicted octanol–water partition coefficient (Wildman–Crippen LogP) is 3.95. The summed E-state index contributed by atoms with van der Waals surface area (Å²) in [6.45, 7) is 9.67. The fraction of sp³-hybridized carbons (Fsp3) is 0.458. The summed E-state index contributed by atoms with van der Waals surface area (Å²) in [6.07, 6.45) is 2.51. The van der Waals surface area contributed by atoms with Crippen molar-refractivity contribution in [2.75, 3.05) is 6.61 Å². The van der Waals surface area contributed by atoms with E-state index in [1.54, 1.807) is 0 Å². The Morgan fingerprint density at radius 3 is 2.00 bits per heavy atom. The molecule has 4 heteroatoms. The number of benzene rings is 2. The maximum absolute atomic E-state index is 11.0. The van der Waals surface area contributed by atoms with Crippen molar-refractivity contribution in [2.45, 2.75) is 57.8 Å². The Balaban J connectivity index is 1.94. The third-order valence-electron chi connectivity index (χ3n) is 5.85. The summed E-state index contributed by atoms with van der Waals surface area (Å²) >= 11 is 0. The normalized spacial score (nSPS) is 21.4. The molecule has 0 radical (unpaired) electrons. The summed E-state index contributed by atoms with van der Waals surface area (Å²) in [5.41, 5.74) is 0. The van der Waals surface area contributed by atoms with Crippen LogP contribution in [0.3, 0.4) is 0 Å². The lowest BCUT2D eigenvalue weighted by Gasteiger charge is -2.43. The van der Waals surface area contributed by atoms with Crippen LogP contribution in [0.25, 0.3) is 0 Å². The SMILES string of the molecule is C[C@H](CO[Si](c1ccccc1)(c1ccccc1)C(C)(C)C)[C@@H]1CC[C@@H](C=O)O1. The Labute approximate surface area is 170 Å². The molecule has 28 heavy (non-hydrogen) atoms. The van der Waals surface area contributed by atoms with E-state index < -0.39 is 8.32 Å². The zero-order valence-electron chi connectivity index (χ0n) is 17.4. The van der Waals surface area contributed by atoms with Gasteiger partial charge in [-0.3, -0.25) is 0 Å². The Morgan fingerprint density at radius 2 is 1.57 bits per heavy atom. The van der Waals surface area contributed by atoms with E-state index in [-0.39, 0.29) is 23.2 Å². The Morgan fingerprint density at radius 1 is 1.04 bits per heavy atom. The van der Waals surface area contributed by atoms with Crippen LogP contribution in [0.15, 0.2) is 60.7 Å². The highest BCUT2D eigenvalue weighted by atomic mass is 28.4. The molecule has 1 heterocycles. The minimum atomic E-state index is -2.51. The van der Waals surface area contributed by atoms with Crippen LogP contribution in [-0.4, -0.2) is 33.4 Å². The van der Waals surface area contributed by atoms with Gasteiger partial charge in [0.05, 0.1) is 6.10 Å². The maximum Gasteiger partial charge on any atom is 0.261 e. The van der Waals surface area contributed by atoms with Gasteiger partial charge in [-0.25, -0.2) is 0 Å². The molecule has 0 saturated carbocycles. The monoisotopic (exact) mass is 396 g/mol. The molecule has 2 aromatic carbocycles. The molecule has 150 valence electrons. The smallest absolute Gasteiger partial charge is 0.261 e. The molecule has 3 nitrogen and oxygen atoms in total. The zero-order valence-corrected chi connectivity index (χ0v) is 18.4. The number of aldehydes is 1. The molecule has 1 aliphatic heterocycles. The first-order valence-corrected chi connectivity index (χ1v) is 12.1. The van der Waals surface area contributed by atoms with Crippen LogP contribution < -0.4 is 10.4 Å². The van der Waals surface area contributed by atoms with Gasteiger partial charge in [-0.1, -0.05) is 88.4 Å². The molecule has 0 aromatic heterocycles. The fourth-order valence-electron chi connectivity index (χ4n) is 4.33. The molecule has 1 aliphatic rings. The zero-order chi connectivity index (χ0) is 20.2. The van der Waals surface area contributed by atoms with Gasteiger partial charge in [-0.2, -0.15) is 0 Å². The average Bonchev–Trinajstić information content (AvgIpc) is 3.18. The molecular weight excluding hydrogens is 364 g/mol. The van der Waals surface area contributed by atoms with E-state index >= 15 is 0 Å². The quantitative estimate of drug-likeness (QED) is 0.525. The summed E-state index contributed by atoms with van der Waals surface area (Å²) in [4.78, 5) is 11.0. The van der Waals surface area contributed by atoms with Crippen molar-refractivity contribution in [1.82, 2.24) is 0 Å². The van der Waals surface area contributed by atoms with Gasteiger partial charge in [-0.15, -0.1) is 0 Å². The number of carbonyl (C=O) groups excluding carboxylic acids is 1. The third kappa shape index (κ3) is 4.14. The van der Waals surface area contributed by atoms with Gasteiger partial charge in [0.15, 0.2) is 0 Å². The summed E-state index contributed by atoms with van der Waals surface area (Å²) in [5, 5.41) is 2.55. The third-order valence-corrected chi connectivity index (χ3v) is 10.9. The van der Waals surface area contributed by atoms with Crippen molar-refractivity contribution >= 4 is 25.0 Å². The van der Waals surface area contributed by atoms with Crippen LogP contribution >= 0.6 is 0 Å². The molecule has 2 aromatic rings. The summed E-state index contributed by atoms with van der Waals surface area (Å²) < 4.78 is 12.9. The largest absolute Gasteiger partial charge is 0.407 e. The van der Waals surface area contributed by atoms with E-state index in [1.165, 1.54) is 10.4 Å². The summed E-state index contributed by atoms with van der Waals surface area (Å²) in [7, 11) is -2.51. The standard InChI is InChI=1S/C24H32O3Si/c1-19(23-16-15-20(17-25)27-23)18-26-28(24(2,3)4,21-11-7-5-8-12-21)22-13-9-6-10-14-22/h5-14,17,19-20,23H,15-16,18H2,1-4H3/t19-,20+,23+/m1/s1. The van der Waals surface area contributed by atoms with Crippen molar-refractivity contribution < 1.29 is 14.0 Å². The van der Waals surface area contributed by atoms with Crippen molar-refractivity contribution in [3.63, 3.8) is 0 Å². The molecule has 0 N–H and O–H groups in total. The summed E-state index contributed by atoms with van der Waals surface area (Å²) in [6, 6.07) is 21.4. The second kappa shape index (κ2) is 8.72. The average molecular weight is 397 g/mol. The van der Waals surface area contributed by atoms with Gasteiger partial charge in [0.2, 0.25) is 0 Å². The van der Waals surface area contributed by atoms with Crippen LogP contribution in [-0.2, 0) is 14.0 Å². The molecule has 0 unspecified atom stereocenters. The first-order chi connectivity index (χ1) is 13.4. The highest BCUT2D eigenvalue weighted by molar-refractivity contribution is 6.99. The van der Waals surface area contributed by atoms with Crippen molar-refractivity contribution in [1.29, 1.82) is 0 Å². The second-order valence-electron chi connectivity index (χ2n) is 8.88. The van der Waals surface area contributed by atoms with Gasteiger partial charge in [0.1, 0.15) is 12.4 Å². The number of ether oxygens (including phenoxy) is 1. The van der Waals surface area contributed by atoms with E-state index in [4.69, 9.17) is 9.16 Å². The lowest BCUT2D eigenvalue weighted by atomic mass is 10.0. The van der Waals surface area contributed by atoms with Gasteiger partial charge in [-0.05, 0) is 28.3 Å². The van der Waals surface area contributed by atoms with Gasteiger partial charge >= 0.3 is 0 Å². The van der Waals surface area contributed by atoms with E-state index in [1.807, 2.05) is 0 Å². The molecular formula is C24H32O3Si. The Bertz CT molecular complexity index is 715. The molecule has 1 saturated heterocycles. The number of hydrogen-bond acceptors (Lipinski definition) is 3. The van der Waals surface area contributed by atoms with Crippen LogP contribution in [0.1, 0.15) is 40.5 Å². The van der Waals surface area contributed by atoms with Crippen LogP contribution in [0, 0.1) is 5.92 Å². The van der Waals surface area contributed by atoms with Crippen LogP contribution in [0.5, 0.6) is 0 Å². The van der Waals surface area contributed by atoms with Crippen molar-refractivity contribution in [3.8, 4) is 0 Å². The molecule has 0 spiro atoms. The van der Waals surface area contributed by atoms with Crippen molar-refractivity contribution in [2.24, 2.45) is 5.92 Å². The lowest BCUT2D eigenvalue weighted by molar-refractivity contribution is -0.118. The topological polar surface area (TPSA) is 35.5 Å². The highest BCUT2D eigenvalue weighted by Crippen LogP contribution is 2.37. The highest BCUT2D eigenvalue weighted by Gasteiger charge is 2.50. The Kier molecular flexibility index (Phi) is 6.53. The minimum Gasteiger partial charge on any atom is -0.407 e. The molecule has 3 rings (SSSR count). The van der Waals surface area contributed by atoms with Crippen molar-refractivity contribution in [3.05, 3.63) is 60.7 Å². The maximum atomic E-state index is 11.0. The van der Waals surface area contributed by atoms with Gasteiger partial charge in [0.25, 0.3) is 8.32 Å². The number of carbonyl (C=O) groups is 1. The molecule has 0 aliphatic carbocycles. The molecule has 3 atom stereocenters. The summed E-state index contributed by atoms with van der Waals surface area (Å²) in [5.74, 6) is 0.242. The minimum absolute atomic E-state index is 0.0305. The van der Waals surface area contributed by atoms with E-state index in [0.29, 0.717) is 6.61 Å². The first kappa shape index (κ1) is 21.0. The van der Waals surface area contributed by atoms with Crippen LogP contribution in [0.4, 0.5) is 0 Å². The van der Waals surface area contributed by atoms with Gasteiger partial charge < -0.3 is 14.0 Å².